The van der Waals surface area contributed by atoms with Crippen molar-refractivity contribution in [3.63, 3.8) is 0 Å². The average Bonchev–Trinajstić information content (AvgIpc) is 2.76. The molecule has 0 aliphatic carbocycles. The first-order chi connectivity index (χ1) is 7.40. The largest absolute Gasteiger partial charge is 0.296 e. The van der Waals surface area contributed by atoms with Crippen molar-refractivity contribution in [2.45, 2.75) is 19.8 Å². The van der Waals surface area contributed by atoms with Gasteiger partial charge in [-0.05, 0) is 18.6 Å². The molecular formula is C12H17N3. The molecule has 1 aromatic carbocycles. The molecule has 3 heteroatoms. The molecule has 0 unspecified atom stereocenters. The molecular weight excluding hydrogens is 186 g/mol. The van der Waals surface area contributed by atoms with Crippen LogP contribution >= 0.6 is 0 Å². The Kier molecular flexibility index (Phi) is 3.25. The molecule has 1 heterocycles. The second-order valence-electron chi connectivity index (χ2n) is 3.65. The van der Waals surface area contributed by atoms with Gasteiger partial charge in [-0.2, -0.15) is 0 Å². The maximum atomic E-state index is 3.30. The zero-order chi connectivity index (χ0) is 10.5. The number of nitrogens with zero attached hydrogens (tertiary/aromatic N) is 2. The Balaban J connectivity index is 1.91. The number of para-hydroxylation sites is 1. The molecule has 0 fully saturated rings. The van der Waals surface area contributed by atoms with Gasteiger partial charge in [0.2, 0.25) is 0 Å². The smallest absolute Gasteiger partial charge is 0.0589 e. The van der Waals surface area contributed by atoms with Crippen molar-refractivity contribution in [2.24, 2.45) is 0 Å². The summed E-state index contributed by atoms with van der Waals surface area (Å²) >= 11 is 0. The van der Waals surface area contributed by atoms with Crippen LogP contribution in [0, 0.1) is 0 Å². The van der Waals surface area contributed by atoms with E-state index in [4.69, 9.17) is 0 Å². The van der Waals surface area contributed by atoms with Gasteiger partial charge in [-0.3, -0.25) is 10.0 Å². The Morgan fingerprint density at radius 1 is 1.13 bits per heavy atom. The van der Waals surface area contributed by atoms with E-state index in [0.717, 1.165) is 12.2 Å². The summed E-state index contributed by atoms with van der Waals surface area (Å²) in [6.07, 6.45) is 6.55. The van der Waals surface area contributed by atoms with Crippen LogP contribution in [0.25, 0.3) is 0 Å². The number of nitrogens with one attached hydrogen (secondary N) is 1. The second kappa shape index (κ2) is 4.84. The minimum atomic E-state index is 1.05. The summed E-state index contributed by atoms with van der Waals surface area (Å²) in [6.45, 7) is 3.26. The predicted octanol–water partition coefficient (Wildman–Crippen LogP) is 2.50. The zero-order valence-corrected chi connectivity index (χ0v) is 9.06. The van der Waals surface area contributed by atoms with Crippen LogP contribution in [0.1, 0.15) is 19.8 Å². The number of unbranched alkanes of at least 4 members (excludes halogenated alkanes) is 1. The van der Waals surface area contributed by atoms with Crippen molar-refractivity contribution >= 4 is 5.69 Å². The quantitative estimate of drug-likeness (QED) is 0.811. The molecule has 0 saturated carbocycles. The monoisotopic (exact) mass is 203 g/mol. The van der Waals surface area contributed by atoms with Crippen molar-refractivity contribution in [2.75, 3.05) is 11.6 Å². The van der Waals surface area contributed by atoms with Gasteiger partial charge in [0.1, 0.15) is 0 Å². The van der Waals surface area contributed by atoms with E-state index >= 15 is 0 Å². The van der Waals surface area contributed by atoms with E-state index in [-0.39, 0.29) is 0 Å². The fourth-order valence-electron chi connectivity index (χ4n) is 1.54. The van der Waals surface area contributed by atoms with Crippen molar-refractivity contribution in [3.8, 4) is 0 Å². The minimum absolute atomic E-state index is 1.05. The van der Waals surface area contributed by atoms with Gasteiger partial charge in [0, 0.05) is 18.9 Å². The van der Waals surface area contributed by atoms with Gasteiger partial charge in [0.25, 0.3) is 0 Å². The van der Waals surface area contributed by atoms with Crippen molar-refractivity contribution in [1.29, 1.82) is 0 Å². The number of rotatable bonds is 4. The normalized spacial score (nSPS) is 15.0. The highest BCUT2D eigenvalue weighted by atomic mass is 15.8. The number of hydrogen-bond acceptors (Lipinski definition) is 3. The summed E-state index contributed by atoms with van der Waals surface area (Å²) in [5.41, 5.74) is 4.46. The summed E-state index contributed by atoms with van der Waals surface area (Å²) in [4.78, 5) is 0. The summed E-state index contributed by atoms with van der Waals surface area (Å²) in [7, 11) is 0. The Bertz CT molecular complexity index is 321. The molecule has 15 heavy (non-hydrogen) atoms. The van der Waals surface area contributed by atoms with Crippen molar-refractivity contribution in [3.05, 3.63) is 42.7 Å². The van der Waals surface area contributed by atoms with E-state index in [2.05, 4.69) is 35.8 Å². The van der Waals surface area contributed by atoms with Gasteiger partial charge < -0.3 is 0 Å². The first-order valence-corrected chi connectivity index (χ1v) is 5.45. The number of hydrazine groups is 2. The molecule has 1 aliphatic rings. The third kappa shape index (κ3) is 2.50. The van der Waals surface area contributed by atoms with Gasteiger partial charge in [0.15, 0.2) is 0 Å². The molecule has 0 amide bonds. The van der Waals surface area contributed by atoms with Gasteiger partial charge in [-0.25, -0.2) is 0 Å². The Morgan fingerprint density at radius 3 is 2.67 bits per heavy atom. The molecule has 0 saturated heterocycles. The Labute approximate surface area is 90.9 Å². The standard InChI is InChI=1S/C12H17N3/c1-2-3-9-14-10-11-15(13-14)12-7-5-4-6-8-12/h4-8,10-11,13H,2-3,9H2,1H3. The van der Waals surface area contributed by atoms with Gasteiger partial charge in [0.05, 0.1) is 5.69 Å². The maximum absolute atomic E-state index is 3.30. The van der Waals surface area contributed by atoms with E-state index < -0.39 is 0 Å². The Hall–Kier alpha value is -1.48. The maximum Gasteiger partial charge on any atom is 0.0589 e. The molecule has 0 radical (unpaired) electrons. The molecule has 2 rings (SSSR count). The summed E-state index contributed by atoms with van der Waals surface area (Å²) < 4.78 is 0. The highest BCUT2D eigenvalue weighted by Crippen LogP contribution is 2.15. The highest BCUT2D eigenvalue weighted by molar-refractivity contribution is 5.48. The van der Waals surface area contributed by atoms with Crippen LogP contribution in [0.2, 0.25) is 0 Å². The van der Waals surface area contributed by atoms with Crippen molar-refractivity contribution in [1.82, 2.24) is 10.5 Å². The van der Waals surface area contributed by atoms with Crippen LogP contribution in [-0.2, 0) is 0 Å². The van der Waals surface area contributed by atoms with Crippen LogP contribution < -0.4 is 10.5 Å². The summed E-state index contributed by atoms with van der Waals surface area (Å²) in [6, 6.07) is 10.3. The predicted molar refractivity (Wildman–Crippen MR) is 62.8 cm³/mol. The Morgan fingerprint density at radius 2 is 1.93 bits per heavy atom. The number of anilines is 1. The van der Waals surface area contributed by atoms with Crippen LogP contribution in [0.15, 0.2) is 42.7 Å². The molecule has 1 aliphatic heterocycles. The summed E-state index contributed by atoms with van der Waals surface area (Å²) in [5.74, 6) is 0. The zero-order valence-electron chi connectivity index (χ0n) is 9.06. The third-order valence-corrected chi connectivity index (χ3v) is 2.42. The molecule has 80 valence electrons. The van der Waals surface area contributed by atoms with Gasteiger partial charge in [-0.1, -0.05) is 31.5 Å². The van der Waals surface area contributed by atoms with Crippen LogP contribution in [0.5, 0.6) is 0 Å². The molecule has 3 nitrogen and oxygen atoms in total. The lowest BCUT2D eigenvalue weighted by Gasteiger charge is -2.22. The van der Waals surface area contributed by atoms with Gasteiger partial charge in [-0.15, -0.1) is 5.53 Å². The molecule has 1 N–H and O–H groups in total. The lowest BCUT2D eigenvalue weighted by molar-refractivity contribution is 0.290. The van der Waals surface area contributed by atoms with Crippen LogP contribution in [0.4, 0.5) is 5.69 Å². The van der Waals surface area contributed by atoms with Crippen molar-refractivity contribution < 1.29 is 0 Å². The second-order valence-corrected chi connectivity index (χ2v) is 3.65. The SMILES string of the molecule is CCCCN1C=CN(c2ccccc2)N1. The van der Waals surface area contributed by atoms with E-state index in [1.54, 1.807) is 0 Å². The van der Waals surface area contributed by atoms with E-state index in [1.165, 1.54) is 12.8 Å². The number of benzene rings is 1. The fourth-order valence-corrected chi connectivity index (χ4v) is 1.54. The lowest BCUT2D eigenvalue weighted by atomic mass is 10.3. The molecule has 0 atom stereocenters. The average molecular weight is 203 g/mol. The van der Waals surface area contributed by atoms with Crippen LogP contribution in [0.3, 0.4) is 0 Å². The van der Waals surface area contributed by atoms with E-state index in [0.29, 0.717) is 0 Å². The first-order valence-electron chi connectivity index (χ1n) is 5.45. The topological polar surface area (TPSA) is 18.5 Å². The lowest BCUT2D eigenvalue weighted by Crippen LogP contribution is -2.39. The molecule has 1 aromatic rings. The summed E-state index contributed by atoms with van der Waals surface area (Å²) in [5, 5.41) is 4.13. The molecule has 0 bridgehead atoms. The van der Waals surface area contributed by atoms with E-state index in [9.17, 15) is 0 Å². The minimum Gasteiger partial charge on any atom is -0.296 e. The highest BCUT2D eigenvalue weighted by Gasteiger charge is 2.11. The number of hydrogen-bond donors (Lipinski definition) is 1. The van der Waals surface area contributed by atoms with Crippen LogP contribution in [-0.4, -0.2) is 11.6 Å². The molecule has 0 spiro atoms. The molecule has 0 aromatic heterocycles. The van der Waals surface area contributed by atoms with E-state index in [1.807, 2.05) is 29.4 Å². The van der Waals surface area contributed by atoms with Gasteiger partial charge >= 0.3 is 0 Å². The third-order valence-electron chi connectivity index (χ3n) is 2.42. The fraction of sp³-hybridized carbons (Fsp3) is 0.333. The first kappa shape index (κ1) is 10.1.